The van der Waals surface area contributed by atoms with Gasteiger partial charge in [0, 0.05) is 10.9 Å². The van der Waals surface area contributed by atoms with E-state index < -0.39 is 0 Å². The highest BCUT2D eigenvalue weighted by molar-refractivity contribution is 7.09. The van der Waals surface area contributed by atoms with Gasteiger partial charge >= 0.3 is 0 Å². The fraction of sp³-hybridized carbons (Fsp3) is 0.357. The summed E-state index contributed by atoms with van der Waals surface area (Å²) in [4.78, 5) is 4.56. The number of methoxy groups -OCH3 is 1. The van der Waals surface area contributed by atoms with Gasteiger partial charge in [0.15, 0.2) is 0 Å². The lowest BCUT2D eigenvalue weighted by molar-refractivity contribution is 0.408. The summed E-state index contributed by atoms with van der Waals surface area (Å²) in [7, 11) is 1.72. The molecule has 0 atom stereocenters. The van der Waals surface area contributed by atoms with Crippen molar-refractivity contribution in [1.82, 2.24) is 4.98 Å². The molecule has 0 radical (unpaired) electrons. The molecule has 2 aromatic rings. The van der Waals surface area contributed by atoms with Crippen molar-refractivity contribution in [3.63, 3.8) is 0 Å². The maximum atomic E-state index is 5.43. The standard InChI is InChI=1S/C14H17NOS/c1-8-6-12(13-7-17-11(4)15-13)9(2)10(3)14(8)16-5/h6-7H,1-5H3. The third-order valence-electron chi connectivity index (χ3n) is 3.13. The molecule has 0 N–H and O–H groups in total. The first-order valence-corrected chi connectivity index (χ1v) is 6.50. The smallest absolute Gasteiger partial charge is 0.124 e. The van der Waals surface area contributed by atoms with Crippen LogP contribution >= 0.6 is 11.3 Å². The van der Waals surface area contributed by atoms with Crippen molar-refractivity contribution < 1.29 is 4.74 Å². The molecule has 0 bridgehead atoms. The second-order valence-electron chi connectivity index (χ2n) is 4.28. The zero-order chi connectivity index (χ0) is 12.6. The summed E-state index contributed by atoms with van der Waals surface area (Å²) in [6, 6.07) is 2.16. The van der Waals surface area contributed by atoms with Crippen LogP contribution in [0, 0.1) is 27.7 Å². The maximum Gasteiger partial charge on any atom is 0.124 e. The van der Waals surface area contributed by atoms with E-state index in [4.69, 9.17) is 4.74 Å². The van der Waals surface area contributed by atoms with E-state index in [9.17, 15) is 0 Å². The van der Waals surface area contributed by atoms with Crippen LogP contribution in [0.4, 0.5) is 0 Å². The van der Waals surface area contributed by atoms with Crippen LogP contribution in [0.2, 0.25) is 0 Å². The van der Waals surface area contributed by atoms with Gasteiger partial charge in [0.05, 0.1) is 17.8 Å². The molecule has 2 rings (SSSR count). The SMILES string of the molecule is COc1c(C)cc(-c2csc(C)n2)c(C)c1C. The number of thiazole rings is 1. The second kappa shape index (κ2) is 4.49. The summed E-state index contributed by atoms with van der Waals surface area (Å²) < 4.78 is 5.43. The first kappa shape index (κ1) is 12.1. The molecule has 2 nitrogen and oxygen atoms in total. The molecule has 0 aliphatic carbocycles. The molecule has 1 heterocycles. The monoisotopic (exact) mass is 247 g/mol. The average molecular weight is 247 g/mol. The number of aryl methyl sites for hydroxylation is 2. The van der Waals surface area contributed by atoms with Gasteiger partial charge in [-0.05, 0) is 50.5 Å². The lowest BCUT2D eigenvalue weighted by atomic mass is 9.97. The number of ether oxygens (including phenoxy) is 1. The van der Waals surface area contributed by atoms with E-state index in [1.54, 1.807) is 18.4 Å². The minimum absolute atomic E-state index is 0.984. The van der Waals surface area contributed by atoms with Crippen molar-refractivity contribution in [2.75, 3.05) is 7.11 Å². The first-order chi connectivity index (χ1) is 8.04. The number of aromatic nitrogens is 1. The van der Waals surface area contributed by atoms with Crippen LogP contribution in [0.1, 0.15) is 21.7 Å². The molecular weight excluding hydrogens is 230 g/mol. The molecule has 17 heavy (non-hydrogen) atoms. The fourth-order valence-corrected chi connectivity index (χ4v) is 2.74. The van der Waals surface area contributed by atoms with Crippen LogP contribution < -0.4 is 4.74 Å². The molecule has 90 valence electrons. The van der Waals surface area contributed by atoms with E-state index in [0.717, 1.165) is 22.0 Å². The van der Waals surface area contributed by atoms with Crippen molar-refractivity contribution in [1.29, 1.82) is 0 Å². The predicted octanol–water partition coefficient (Wildman–Crippen LogP) is 4.05. The highest BCUT2D eigenvalue weighted by atomic mass is 32.1. The zero-order valence-electron chi connectivity index (χ0n) is 10.9. The Morgan fingerprint density at radius 2 is 1.82 bits per heavy atom. The number of hydrogen-bond donors (Lipinski definition) is 0. The lowest BCUT2D eigenvalue weighted by Crippen LogP contribution is -1.96. The Kier molecular flexibility index (Phi) is 3.20. The third kappa shape index (κ3) is 2.07. The van der Waals surface area contributed by atoms with Crippen LogP contribution in [0.15, 0.2) is 11.4 Å². The Bertz CT molecular complexity index is 558. The Hall–Kier alpha value is -1.35. The van der Waals surface area contributed by atoms with Crippen molar-refractivity contribution in [2.24, 2.45) is 0 Å². The molecule has 0 amide bonds. The predicted molar refractivity (Wildman–Crippen MR) is 73.1 cm³/mol. The molecule has 0 spiro atoms. The van der Waals surface area contributed by atoms with Gasteiger partial charge in [0.25, 0.3) is 0 Å². The van der Waals surface area contributed by atoms with Gasteiger partial charge in [-0.2, -0.15) is 0 Å². The molecule has 0 saturated carbocycles. The Balaban J connectivity index is 2.64. The van der Waals surface area contributed by atoms with E-state index in [1.807, 2.05) is 6.92 Å². The molecular formula is C14H17NOS. The molecule has 3 heteroatoms. The molecule has 0 fully saturated rings. The van der Waals surface area contributed by atoms with E-state index in [-0.39, 0.29) is 0 Å². The summed E-state index contributed by atoms with van der Waals surface area (Å²) in [5.74, 6) is 0.984. The highest BCUT2D eigenvalue weighted by Gasteiger charge is 2.13. The first-order valence-electron chi connectivity index (χ1n) is 5.62. The normalized spacial score (nSPS) is 10.6. The quantitative estimate of drug-likeness (QED) is 0.798. The van der Waals surface area contributed by atoms with Gasteiger partial charge in [0.2, 0.25) is 0 Å². The molecule has 0 saturated heterocycles. The number of benzene rings is 1. The van der Waals surface area contributed by atoms with Gasteiger partial charge in [-0.15, -0.1) is 11.3 Å². The van der Waals surface area contributed by atoms with E-state index in [1.165, 1.54) is 16.7 Å². The molecule has 0 aliphatic rings. The minimum atomic E-state index is 0.984. The Morgan fingerprint density at radius 1 is 1.12 bits per heavy atom. The summed E-state index contributed by atoms with van der Waals surface area (Å²) in [5.41, 5.74) is 5.89. The topological polar surface area (TPSA) is 22.1 Å². The Morgan fingerprint density at radius 3 is 2.35 bits per heavy atom. The van der Waals surface area contributed by atoms with E-state index in [2.05, 4.69) is 37.2 Å². The second-order valence-corrected chi connectivity index (χ2v) is 5.34. The minimum Gasteiger partial charge on any atom is -0.496 e. The van der Waals surface area contributed by atoms with E-state index >= 15 is 0 Å². The summed E-state index contributed by atoms with van der Waals surface area (Å²) in [6.07, 6.45) is 0. The molecule has 0 unspecified atom stereocenters. The molecule has 0 aliphatic heterocycles. The highest BCUT2D eigenvalue weighted by Crippen LogP contribution is 2.34. The summed E-state index contributed by atoms with van der Waals surface area (Å²) in [6.45, 7) is 8.34. The van der Waals surface area contributed by atoms with Crippen molar-refractivity contribution in [2.45, 2.75) is 27.7 Å². The van der Waals surface area contributed by atoms with Gasteiger partial charge in [-0.3, -0.25) is 0 Å². The van der Waals surface area contributed by atoms with Crippen molar-refractivity contribution >= 4 is 11.3 Å². The fourth-order valence-electron chi connectivity index (χ4n) is 2.13. The lowest BCUT2D eigenvalue weighted by Gasteiger charge is -2.14. The van der Waals surface area contributed by atoms with Gasteiger partial charge in [-0.1, -0.05) is 0 Å². The van der Waals surface area contributed by atoms with Crippen LogP contribution in [0.25, 0.3) is 11.3 Å². The van der Waals surface area contributed by atoms with Gasteiger partial charge in [-0.25, -0.2) is 4.98 Å². The van der Waals surface area contributed by atoms with Crippen LogP contribution in [-0.4, -0.2) is 12.1 Å². The Labute approximate surface area is 106 Å². The largest absolute Gasteiger partial charge is 0.496 e. The van der Waals surface area contributed by atoms with Gasteiger partial charge in [0.1, 0.15) is 5.75 Å². The number of nitrogens with zero attached hydrogens (tertiary/aromatic N) is 1. The number of hydrogen-bond acceptors (Lipinski definition) is 3. The maximum absolute atomic E-state index is 5.43. The van der Waals surface area contributed by atoms with E-state index in [0.29, 0.717) is 0 Å². The van der Waals surface area contributed by atoms with Gasteiger partial charge < -0.3 is 4.74 Å². The average Bonchev–Trinajstić information content (AvgIpc) is 2.71. The van der Waals surface area contributed by atoms with Crippen LogP contribution in [0.3, 0.4) is 0 Å². The van der Waals surface area contributed by atoms with Crippen LogP contribution in [0.5, 0.6) is 5.75 Å². The zero-order valence-corrected chi connectivity index (χ0v) is 11.7. The van der Waals surface area contributed by atoms with Crippen molar-refractivity contribution in [3.05, 3.63) is 33.1 Å². The number of rotatable bonds is 2. The van der Waals surface area contributed by atoms with Crippen molar-refractivity contribution in [3.8, 4) is 17.0 Å². The summed E-state index contributed by atoms with van der Waals surface area (Å²) >= 11 is 1.69. The van der Waals surface area contributed by atoms with Crippen LogP contribution in [-0.2, 0) is 0 Å². The molecule has 1 aromatic heterocycles. The third-order valence-corrected chi connectivity index (χ3v) is 3.90. The molecule has 1 aromatic carbocycles. The summed E-state index contributed by atoms with van der Waals surface area (Å²) in [5, 5.41) is 3.22.